The molecule has 52 valence electrons. The Bertz CT molecular complexity index is 141. The van der Waals surface area contributed by atoms with Crippen molar-refractivity contribution in [3.05, 3.63) is 0 Å². The third-order valence-electron chi connectivity index (χ3n) is 0.247. The van der Waals surface area contributed by atoms with Crippen molar-refractivity contribution in [1.29, 1.82) is 0 Å². The number of phosphoric ester groups is 1. The first-order chi connectivity index (χ1) is 3.42. The minimum atomic E-state index is -4.57. The predicted molar refractivity (Wildman–Crippen MR) is 38.1 cm³/mol. The average molecular weight is 156 g/mol. The van der Waals surface area contributed by atoms with Crippen LogP contribution in [0.25, 0.3) is 0 Å². The first-order valence-electron chi connectivity index (χ1n) is 1.67. The number of rotatable bonds is 1. The number of carbonyl (C=O) groups excluding carboxylic acids is 1. The predicted octanol–water partition coefficient (Wildman–Crippen LogP) is -1.65. The van der Waals surface area contributed by atoms with Crippen LogP contribution >= 0.6 is 7.82 Å². The topological polar surface area (TPSA) is 83.8 Å². The first kappa shape index (κ1) is 17.1. The maximum atomic E-state index is 9.74. The van der Waals surface area contributed by atoms with E-state index in [1.807, 2.05) is 0 Å². The van der Waals surface area contributed by atoms with Crippen LogP contribution < -0.4 is 0 Å². The van der Waals surface area contributed by atoms with Crippen molar-refractivity contribution in [3.8, 4) is 0 Å². The molecule has 0 rings (SSSR count). The molecule has 0 unspecified atom stereocenters. The van der Waals surface area contributed by atoms with Crippen molar-refractivity contribution in [2.24, 2.45) is 0 Å². The van der Waals surface area contributed by atoms with Crippen LogP contribution in [-0.2, 0) is 13.9 Å². The molecule has 0 aliphatic carbocycles. The van der Waals surface area contributed by atoms with Crippen LogP contribution in [0.4, 0.5) is 0 Å². The van der Waals surface area contributed by atoms with Gasteiger partial charge in [0.25, 0.3) is 0 Å². The van der Waals surface area contributed by atoms with E-state index in [1.54, 1.807) is 0 Å². The van der Waals surface area contributed by atoms with Crippen LogP contribution in [0, 0.1) is 0 Å². The molecule has 2 N–H and O–H groups in total. The molecule has 0 radical (unpaired) electrons. The Hall–Kier alpha value is 0.815. The summed E-state index contributed by atoms with van der Waals surface area (Å²) >= 11 is 0. The van der Waals surface area contributed by atoms with Gasteiger partial charge in [0.1, 0.15) is 0 Å². The van der Waals surface area contributed by atoms with Gasteiger partial charge in [0, 0.05) is 6.92 Å². The van der Waals surface area contributed by atoms with Crippen molar-refractivity contribution in [2.45, 2.75) is 6.92 Å². The number of phosphoric acid groups is 1. The molecule has 0 saturated heterocycles. The van der Waals surface area contributed by atoms with Gasteiger partial charge in [-0.3, -0.25) is 14.6 Å². The van der Waals surface area contributed by atoms with Crippen LogP contribution in [0.3, 0.4) is 0 Å². The monoisotopic (exact) mass is 156 g/mol. The molecule has 0 heterocycles. The van der Waals surface area contributed by atoms with Crippen LogP contribution in [0.1, 0.15) is 6.92 Å². The Labute approximate surface area is 82.1 Å². The van der Waals surface area contributed by atoms with Crippen LogP contribution in [0.15, 0.2) is 0 Å². The Kier molecular flexibility index (Phi) is 11.1. The van der Waals surface area contributed by atoms with Gasteiger partial charge in [-0.1, -0.05) is 0 Å². The van der Waals surface area contributed by atoms with E-state index in [1.165, 1.54) is 0 Å². The molecule has 5 nitrogen and oxygen atoms in total. The first-order valence-corrected chi connectivity index (χ1v) is 3.20. The van der Waals surface area contributed by atoms with Gasteiger partial charge in [0.2, 0.25) is 0 Å². The zero-order chi connectivity index (χ0) is 6.78. The molecule has 0 saturated carbocycles. The third-order valence-corrected chi connectivity index (χ3v) is 0.742. The van der Waals surface area contributed by atoms with E-state index >= 15 is 0 Å². The molecule has 0 bridgehead atoms. The van der Waals surface area contributed by atoms with Crippen molar-refractivity contribution < 1.29 is 23.7 Å². The zero-order valence-electron chi connectivity index (χ0n) is 4.07. The normalized spacial score (nSPS) is 8.70. The van der Waals surface area contributed by atoms with Crippen molar-refractivity contribution in [3.63, 3.8) is 0 Å². The molecule has 10 heavy (non-hydrogen) atoms. The minimum absolute atomic E-state index is 0. The molecule has 0 aliphatic rings. The fraction of sp³-hybridized carbons (Fsp3) is 0.500. The second kappa shape index (κ2) is 6.52. The summed E-state index contributed by atoms with van der Waals surface area (Å²) in [7, 11) is -4.57. The molecule has 0 amide bonds. The SMILES string of the molecule is CC(=O)OP(=O)(O)O.[LiH].[LiH]. The fourth-order valence-electron chi connectivity index (χ4n) is 0.167. The Morgan fingerprint density at radius 3 is 1.70 bits per heavy atom. The summed E-state index contributed by atoms with van der Waals surface area (Å²) in [5, 5.41) is 0. The number of hydrogen-bond acceptors (Lipinski definition) is 3. The quantitative estimate of drug-likeness (QED) is 0.350. The molecular weight excluding hydrogens is 149 g/mol. The standard InChI is InChI=1S/C2H5O5P.2Li.2H/c1-2(3)7-8(4,5)6;;;;/h1H3,(H2,4,5,6);;;;. The molecule has 0 aliphatic heterocycles. The second-order valence-corrected chi connectivity index (χ2v) is 2.24. The van der Waals surface area contributed by atoms with Crippen LogP contribution in [-0.4, -0.2) is 53.5 Å². The Morgan fingerprint density at radius 1 is 1.40 bits per heavy atom. The van der Waals surface area contributed by atoms with Crippen molar-refractivity contribution >= 4 is 51.5 Å². The second-order valence-electron chi connectivity index (χ2n) is 1.07. The van der Waals surface area contributed by atoms with Crippen molar-refractivity contribution in [2.75, 3.05) is 0 Å². The Morgan fingerprint density at radius 2 is 1.70 bits per heavy atom. The van der Waals surface area contributed by atoms with Gasteiger partial charge in [-0.15, -0.1) is 0 Å². The summed E-state index contributed by atoms with van der Waals surface area (Å²) in [4.78, 5) is 25.5. The summed E-state index contributed by atoms with van der Waals surface area (Å²) in [5.41, 5.74) is 0. The van der Waals surface area contributed by atoms with E-state index in [2.05, 4.69) is 4.52 Å². The summed E-state index contributed by atoms with van der Waals surface area (Å²) in [6.45, 7) is 0.916. The fourth-order valence-corrected chi connectivity index (χ4v) is 0.502. The van der Waals surface area contributed by atoms with Crippen LogP contribution in [0.5, 0.6) is 0 Å². The summed E-state index contributed by atoms with van der Waals surface area (Å²) in [6.07, 6.45) is 0. The van der Waals surface area contributed by atoms with E-state index in [4.69, 9.17) is 9.79 Å². The number of carbonyl (C=O) groups is 1. The van der Waals surface area contributed by atoms with E-state index in [0.717, 1.165) is 6.92 Å². The zero-order valence-corrected chi connectivity index (χ0v) is 4.96. The molecule has 0 fully saturated rings. The van der Waals surface area contributed by atoms with Gasteiger partial charge < -0.3 is 4.52 Å². The van der Waals surface area contributed by atoms with Gasteiger partial charge >= 0.3 is 51.5 Å². The summed E-state index contributed by atoms with van der Waals surface area (Å²) in [6, 6.07) is 0. The maximum absolute atomic E-state index is 9.74. The van der Waals surface area contributed by atoms with E-state index in [0.29, 0.717) is 0 Å². The van der Waals surface area contributed by atoms with Crippen molar-refractivity contribution in [1.82, 2.24) is 0 Å². The molecule has 0 aromatic carbocycles. The third kappa shape index (κ3) is 15.9. The van der Waals surface area contributed by atoms with E-state index in [9.17, 15) is 9.36 Å². The summed E-state index contributed by atoms with van der Waals surface area (Å²) in [5.74, 6) is -0.988. The Balaban J connectivity index is -0.000000245. The van der Waals surface area contributed by atoms with Gasteiger partial charge in [0.15, 0.2) is 0 Å². The molecule has 8 heteroatoms. The molecule has 0 atom stereocenters. The average Bonchev–Trinajstić information content (AvgIpc) is 1.21. The van der Waals surface area contributed by atoms with Gasteiger partial charge in [-0.2, -0.15) is 0 Å². The van der Waals surface area contributed by atoms with Gasteiger partial charge in [-0.25, -0.2) is 4.57 Å². The summed E-state index contributed by atoms with van der Waals surface area (Å²) < 4.78 is 13.2. The molecule has 0 aromatic heterocycles. The van der Waals surface area contributed by atoms with E-state index < -0.39 is 13.8 Å². The van der Waals surface area contributed by atoms with Crippen LogP contribution in [0.2, 0.25) is 0 Å². The number of hydrogen-bond donors (Lipinski definition) is 2. The van der Waals surface area contributed by atoms with Gasteiger partial charge in [0.05, 0.1) is 0 Å². The van der Waals surface area contributed by atoms with E-state index in [-0.39, 0.29) is 37.7 Å². The van der Waals surface area contributed by atoms with Gasteiger partial charge in [-0.05, 0) is 0 Å². The molecule has 0 spiro atoms. The molecular formula is C2H7Li2O5P. The molecule has 0 aromatic rings.